The Morgan fingerprint density at radius 1 is 1.07 bits per heavy atom. The maximum atomic E-state index is 9.95. The van der Waals surface area contributed by atoms with Gasteiger partial charge in [-0.1, -0.05) is 13.3 Å². The Hall–Kier alpha value is -2.25. The van der Waals surface area contributed by atoms with E-state index in [1.165, 1.54) is 24.0 Å². The third kappa shape index (κ3) is 3.81. The number of rotatable bonds is 7. The molecule has 29 heavy (non-hydrogen) atoms. The molecule has 2 atom stereocenters. The molecular formula is C22H30N4O3. The van der Waals surface area contributed by atoms with Crippen LogP contribution >= 0.6 is 0 Å². The third-order valence-electron chi connectivity index (χ3n) is 5.54. The Bertz CT molecular complexity index is 1000. The quantitative estimate of drug-likeness (QED) is 0.631. The van der Waals surface area contributed by atoms with Crippen molar-refractivity contribution in [3.8, 4) is 0 Å². The van der Waals surface area contributed by atoms with Crippen molar-refractivity contribution in [3.63, 3.8) is 0 Å². The van der Waals surface area contributed by atoms with E-state index in [2.05, 4.69) is 16.9 Å². The maximum absolute atomic E-state index is 9.95. The zero-order chi connectivity index (χ0) is 20.5. The molecule has 0 unspecified atom stereocenters. The minimum Gasteiger partial charge on any atom is -0.432 e. The van der Waals surface area contributed by atoms with Crippen LogP contribution in [-0.2, 0) is 19.3 Å². The molecule has 0 aliphatic heterocycles. The number of fused-ring (bicyclic) bond motifs is 5. The van der Waals surface area contributed by atoms with Gasteiger partial charge < -0.3 is 19.5 Å². The summed E-state index contributed by atoms with van der Waals surface area (Å²) in [6.07, 6.45) is 6.85. The lowest BCUT2D eigenvalue weighted by Crippen LogP contribution is -2.37. The Morgan fingerprint density at radius 3 is 2.41 bits per heavy atom. The van der Waals surface area contributed by atoms with E-state index in [1.807, 2.05) is 4.90 Å². The summed E-state index contributed by atoms with van der Waals surface area (Å²) in [6, 6.07) is 0. The summed E-state index contributed by atoms with van der Waals surface area (Å²) in [5, 5.41) is 20.9. The zero-order valence-electron chi connectivity index (χ0n) is 17.5. The van der Waals surface area contributed by atoms with E-state index in [9.17, 15) is 10.2 Å². The average molecular weight is 399 g/mol. The second-order valence-corrected chi connectivity index (χ2v) is 8.23. The number of hydrogen-bond acceptors (Lipinski definition) is 7. The van der Waals surface area contributed by atoms with E-state index in [4.69, 9.17) is 9.40 Å². The van der Waals surface area contributed by atoms with Crippen LogP contribution in [0, 0.1) is 0 Å². The SMILES string of the molecule is CCCc1nc2oc3c(N(C[C@H](C)O)C[C@H](C)O)ncnc3c2c2c1CCCC2. The molecule has 1 aliphatic rings. The molecule has 2 N–H and O–H groups in total. The Labute approximate surface area is 170 Å². The normalized spacial score (nSPS) is 16.2. The van der Waals surface area contributed by atoms with Crippen LogP contribution in [0.5, 0.6) is 0 Å². The highest BCUT2D eigenvalue weighted by molar-refractivity contribution is 6.06. The Balaban J connectivity index is 1.94. The maximum Gasteiger partial charge on any atom is 0.229 e. The van der Waals surface area contributed by atoms with Crippen LogP contribution in [0.15, 0.2) is 10.7 Å². The number of aryl methyl sites for hydroxylation is 2. The zero-order valence-corrected chi connectivity index (χ0v) is 17.5. The summed E-state index contributed by atoms with van der Waals surface area (Å²) >= 11 is 0. The first-order valence-corrected chi connectivity index (χ1v) is 10.7. The van der Waals surface area contributed by atoms with Crippen molar-refractivity contribution in [1.29, 1.82) is 0 Å². The van der Waals surface area contributed by atoms with E-state index in [0.717, 1.165) is 42.3 Å². The van der Waals surface area contributed by atoms with Crippen LogP contribution in [0.4, 0.5) is 5.82 Å². The standard InChI is InChI=1S/C22H30N4O3/c1-4-7-17-15-8-5-6-9-16(15)18-19-20(29-22(18)25-17)21(24-12-23-19)26(10-13(2)27)11-14(3)28/h12-14,27-28H,4-11H2,1-3H3/t13-,14-/m0/s1. The number of aliphatic hydroxyl groups excluding tert-OH is 2. The number of nitrogens with zero attached hydrogens (tertiary/aromatic N) is 4. The summed E-state index contributed by atoms with van der Waals surface area (Å²) in [6.45, 7) is 6.32. The second-order valence-electron chi connectivity index (χ2n) is 8.23. The lowest BCUT2D eigenvalue weighted by Gasteiger charge is -2.26. The van der Waals surface area contributed by atoms with Crippen LogP contribution in [-0.4, -0.2) is 50.5 Å². The van der Waals surface area contributed by atoms with Crippen molar-refractivity contribution in [1.82, 2.24) is 15.0 Å². The van der Waals surface area contributed by atoms with Crippen molar-refractivity contribution in [2.24, 2.45) is 0 Å². The van der Waals surface area contributed by atoms with Crippen LogP contribution in [0.2, 0.25) is 0 Å². The highest BCUT2D eigenvalue weighted by Gasteiger charge is 2.26. The highest BCUT2D eigenvalue weighted by atomic mass is 16.3. The van der Waals surface area contributed by atoms with Gasteiger partial charge in [0.05, 0.1) is 17.6 Å². The molecule has 0 saturated carbocycles. The van der Waals surface area contributed by atoms with Gasteiger partial charge in [-0.25, -0.2) is 15.0 Å². The van der Waals surface area contributed by atoms with Crippen molar-refractivity contribution >= 4 is 28.0 Å². The fourth-order valence-electron chi connectivity index (χ4n) is 4.48. The number of aliphatic hydroxyl groups is 2. The molecule has 3 aromatic heterocycles. The van der Waals surface area contributed by atoms with Crippen LogP contribution in [0.25, 0.3) is 22.2 Å². The Kier molecular flexibility index (Phi) is 5.69. The minimum atomic E-state index is -0.565. The van der Waals surface area contributed by atoms with E-state index < -0.39 is 12.2 Å². The first-order valence-electron chi connectivity index (χ1n) is 10.7. The van der Waals surface area contributed by atoms with Gasteiger partial charge >= 0.3 is 0 Å². The van der Waals surface area contributed by atoms with Gasteiger partial charge in [0.15, 0.2) is 11.4 Å². The number of furan rings is 1. The summed E-state index contributed by atoms with van der Waals surface area (Å²) < 4.78 is 6.24. The molecule has 3 aromatic rings. The average Bonchev–Trinajstić information content (AvgIpc) is 3.05. The molecule has 1 aliphatic carbocycles. The van der Waals surface area contributed by atoms with Gasteiger partial charge in [0.2, 0.25) is 5.71 Å². The topological polar surface area (TPSA) is 95.5 Å². The third-order valence-corrected chi connectivity index (χ3v) is 5.54. The van der Waals surface area contributed by atoms with Gasteiger partial charge in [0.25, 0.3) is 0 Å². The number of pyridine rings is 1. The van der Waals surface area contributed by atoms with Gasteiger partial charge in [-0.2, -0.15) is 0 Å². The molecule has 0 amide bonds. The number of aromatic nitrogens is 3. The number of anilines is 1. The van der Waals surface area contributed by atoms with Crippen molar-refractivity contribution in [3.05, 3.63) is 23.1 Å². The van der Waals surface area contributed by atoms with Crippen LogP contribution < -0.4 is 4.90 Å². The van der Waals surface area contributed by atoms with Gasteiger partial charge in [0, 0.05) is 18.8 Å². The highest BCUT2D eigenvalue weighted by Crippen LogP contribution is 2.38. The lowest BCUT2D eigenvalue weighted by atomic mass is 9.88. The lowest BCUT2D eigenvalue weighted by molar-refractivity contribution is 0.178. The molecule has 7 nitrogen and oxygen atoms in total. The molecule has 3 heterocycles. The van der Waals surface area contributed by atoms with Gasteiger partial charge in [-0.05, 0) is 57.1 Å². The molecule has 0 bridgehead atoms. The first-order chi connectivity index (χ1) is 14.0. The summed E-state index contributed by atoms with van der Waals surface area (Å²) in [5.74, 6) is 0.594. The summed E-state index contributed by atoms with van der Waals surface area (Å²) in [7, 11) is 0. The molecule has 0 fully saturated rings. The molecule has 0 radical (unpaired) electrons. The van der Waals surface area contributed by atoms with E-state index in [-0.39, 0.29) is 0 Å². The molecule has 0 aromatic carbocycles. The molecular weight excluding hydrogens is 368 g/mol. The largest absolute Gasteiger partial charge is 0.432 e. The predicted molar refractivity (Wildman–Crippen MR) is 113 cm³/mol. The first kappa shape index (κ1) is 20.0. The fourth-order valence-corrected chi connectivity index (χ4v) is 4.48. The summed E-state index contributed by atoms with van der Waals surface area (Å²) in [5.41, 5.74) is 5.83. The molecule has 0 saturated heterocycles. The summed E-state index contributed by atoms with van der Waals surface area (Å²) in [4.78, 5) is 15.8. The van der Waals surface area contributed by atoms with Crippen molar-refractivity contribution in [2.75, 3.05) is 18.0 Å². The van der Waals surface area contributed by atoms with E-state index >= 15 is 0 Å². The van der Waals surface area contributed by atoms with E-state index in [0.29, 0.717) is 30.2 Å². The predicted octanol–water partition coefficient (Wildman–Crippen LogP) is 3.17. The van der Waals surface area contributed by atoms with Crippen LogP contribution in [0.1, 0.15) is 56.9 Å². The minimum absolute atomic E-state index is 0.348. The molecule has 4 rings (SSSR count). The van der Waals surface area contributed by atoms with Crippen molar-refractivity contribution in [2.45, 2.75) is 71.5 Å². The van der Waals surface area contributed by atoms with Gasteiger partial charge in [0.1, 0.15) is 11.8 Å². The molecule has 156 valence electrons. The van der Waals surface area contributed by atoms with Crippen molar-refractivity contribution < 1.29 is 14.6 Å². The Morgan fingerprint density at radius 2 is 1.76 bits per heavy atom. The van der Waals surface area contributed by atoms with Gasteiger partial charge in [-0.3, -0.25) is 0 Å². The van der Waals surface area contributed by atoms with Crippen LogP contribution in [0.3, 0.4) is 0 Å². The fraction of sp³-hybridized carbons (Fsp3) is 0.591. The molecule has 7 heteroatoms. The van der Waals surface area contributed by atoms with E-state index in [1.54, 1.807) is 20.2 Å². The second kappa shape index (κ2) is 8.24. The molecule has 0 spiro atoms. The smallest absolute Gasteiger partial charge is 0.229 e. The van der Waals surface area contributed by atoms with Gasteiger partial charge in [-0.15, -0.1) is 0 Å². The number of hydrogen-bond donors (Lipinski definition) is 2. The monoisotopic (exact) mass is 398 g/mol.